The van der Waals surface area contributed by atoms with Crippen LogP contribution in [-0.2, 0) is 12.8 Å². The third-order valence-corrected chi connectivity index (χ3v) is 5.98. The Bertz CT molecular complexity index is 994. The van der Waals surface area contributed by atoms with Crippen LogP contribution in [0.2, 0.25) is 0 Å². The van der Waals surface area contributed by atoms with Gasteiger partial charge in [0.05, 0.1) is 11.0 Å². The average molecular weight is 375 g/mol. The van der Waals surface area contributed by atoms with Crippen molar-refractivity contribution >= 4 is 22.8 Å². The van der Waals surface area contributed by atoms with Crippen molar-refractivity contribution in [3.63, 3.8) is 0 Å². The lowest BCUT2D eigenvalue weighted by molar-refractivity contribution is 0.0666. The number of nitrogens with one attached hydrogen (secondary N) is 1. The topological polar surface area (TPSA) is 65.1 Å². The molecule has 2 aliphatic heterocycles. The largest absolute Gasteiger partial charge is 0.359 e. The second kappa shape index (κ2) is 6.93. The Labute approximate surface area is 164 Å². The number of piperidine rings is 1. The highest BCUT2D eigenvalue weighted by Crippen LogP contribution is 2.26. The van der Waals surface area contributed by atoms with Gasteiger partial charge >= 0.3 is 0 Å². The number of benzene rings is 1. The van der Waals surface area contributed by atoms with E-state index in [9.17, 15) is 4.79 Å². The van der Waals surface area contributed by atoms with Gasteiger partial charge in [-0.05, 0) is 48.9 Å². The molecule has 1 amide bonds. The van der Waals surface area contributed by atoms with Gasteiger partial charge < -0.3 is 14.8 Å². The second-order valence-corrected chi connectivity index (χ2v) is 8.01. The SMILES string of the molecule is CN1CCc2ccc(C(=O)N3CCCC(Cc4nc5ccccc5[nH]4)C3)nc21. The van der Waals surface area contributed by atoms with Gasteiger partial charge in [-0.3, -0.25) is 4.79 Å². The molecule has 0 bridgehead atoms. The Hall–Kier alpha value is -2.89. The molecule has 3 aromatic rings. The maximum Gasteiger partial charge on any atom is 0.272 e. The molecule has 0 aliphatic carbocycles. The van der Waals surface area contributed by atoms with Crippen molar-refractivity contribution in [3.05, 3.63) is 53.5 Å². The van der Waals surface area contributed by atoms with Gasteiger partial charge in [-0.25, -0.2) is 9.97 Å². The summed E-state index contributed by atoms with van der Waals surface area (Å²) in [5.74, 6) is 2.45. The fraction of sp³-hybridized carbons (Fsp3) is 0.409. The summed E-state index contributed by atoms with van der Waals surface area (Å²) >= 11 is 0. The van der Waals surface area contributed by atoms with Gasteiger partial charge in [0, 0.05) is 33.1 Å². The lowest BCUT2D eigenvalue weighted by atomic mass is 9.94. The molecule has 0 saturated carbocycles. The Balaban J connectivity index is 1.30. The number of H-pyrrole nitrogens is 1. The van der Waals surface area contributed by atoms with Crippen LogP contribution < -0.4 is 4.90 Å². The molecule has 1 saturated heterocycles. The Kier molecular flexibility index (Phi) is 4.26. The number of para-hydroxylation sites is 2. The fourth-order valence-corrected chi connectivity index (χ4v) is 4.47. The van der Waals surface area contributed by atoms with Crippen LogP contribution in [0.3, 0.4) is 0 Å². The van der Waals surface area contributed by atoms with E-state index in [4.69, 9.17) is 4.98 Å². The number of hydrogen-bond acceptors (Lipinski definition) is 4. The molecule has 1 fully saturated rings. The van der Waals surface area contributed by atoms with Crippen molar-refractivity contribution in [3.8, 4) is 0 Å². The van der Waals surface area contributed by atoms with E-state index in [1.165, 1.54) is 5.56 Å². The summed E-state index contributed by atoms with van der Waals surface area (Å²) in [6.45, 7) is 2.55. The van der Waals surface area contributed by atoms with E-state index in [-0.39, 0.29) is 5.91 Å². The van der Waals surface area contributed by atoms with Gasteiger partial charge in [-0.15, -0.1) is 0 Å². The zero-order chi connectivity index (χ0) is 19.1. The first-order valence-corrected chi connectivity index (χ1v) is 10.1. The maximum atomic E-state index is 13.1. The molecule has 1 N–H and O–H groups in total. The number of carbonyl (C=O) groups excluding carboxylic acids is 1. The first-order valence-electron chi connectivity index (χ1n) is 10.1. The van der Waals surface area contributed by atoms with Crippen molar-refractivity contribution < 1.29 is 4.79 Å². The maximum absolute atomic E-state index is 13.1. The Morgan fingerprint density at radius 3 is 2.96 bits per heavy atom. The number of likely N-dealkylation sites (tertiary alicyclic amines) is 1. The summed E-state index contributed by atoms with van der Waals surface area (Å²) in [4.78, 5) is 30.0. The molecule has 1 atom stereocenters. The van der Waals surface area contributed by atoms with Gasteiger partial charge in [0.15, 0.2) is 0 Å². The molecule has 0 radical (unpaired) electrons. The molecule has 5 rings (SSSR count). The summed E-state index contributed by atoms with van der Waals surface area (Å²) in [7, 11) is 2.04. The van der Waals surface area contributed by atoms with E-state index in [1.807, 2.05) is 36.2 Å². The lowest BCUT2D eigenvalue weighted by Gasteiger charge is -2.32. The van der Waals surface area contributed by atoms with Crippen LogP contribution in [0.5, 0.6) is 0 Å². The van der Waals surface area contributed by atoms with Gasteiger partial charge in [-0.2, -0.15) is 0 Å². The van der Waals surface area contributed by atoms with Gasteiger partial charge in [0.1, 0.15) is 17.3 Å². The third-order valence-electron chi connectivity index (χ3n) is 5.98. The highest BCUT2D eigenvalue weighted by molar-refractivity contribution is 5.93. The number of nitrogens with zero attached hydrogens (tertiary/aromatic N) is 4. The highest BCUT2D eigenvalue weighted by atomic mass is 16.2. The molecule has 0 spiro atoms. The van der Waals surface area contributed by atoms with Crippen LogP contribution in [0, 0.1) is 5.92 Å². The number of imidazole rings is 1. The van der Waals surface area contributed by atoms with E-state index >= 15 is 0 Å². The lowest BCUT2D eigenvalue weighted by Crippen LogP contribution is -2.41. The number of fused-ring (bicyclic) bond motifs is 2. The molecule has 6 heteroatoms. The van der Waals surface area contributed by atoms with Crippen LogP contribution in [0.25, 0.3) is 11.0 Å². The van der Waals surface area contributed by atoms with Crippen molar-refractivity contribution in [2.75, 3.05) is 31.6 Å². The normalized spacial score (nSPS) is 19.2. The predicted octanol–water partition coefficient (Wildman–Crippen LogP) is 3.05. The molecule has 28 heavy (non-hydrogen) atoms. The number of amides is 1. The minimum absolute atomic E-state index is 0.0532. The average Bonchev–Trinajstić information content (AvgIpc) is 3.30. The summed E-state index contributed by atoms with van der Waals surface area (Å²) in [6.07, 6.45) is 4.04. The standard InChI is InChI=1S/C22H25N5O/c1-26-12-10-16-8-9-19(25-21(16)26)22(28)27-11-4-5-15(14-27)13-20-23-17-6-2-3-7-18(17)24-20/h2-3,6-9,15H,4-5,10-14H2,1H3,(H,23,24). The van der Waals surface area contributed by atoms with Crippen molar-refractivity contribution in [1.82, 2.24) is 19.9 Å². The number of likely N-dealkylation sites (N-methyl/N-ethyl adjacent to an activating group) is 1. The first-order chi connectivity index (χ1) is 13.7. The van der Waals surface area contributed by atoms with Crippen LogP contribution in [0.15, 0.2) is 36.4 Å². The van der Waals surface area contributed by atoms with Crippen LogP contribution in [0.1, 0.15) is 34.7 Å². The number of rotatable bonds is 3. The predicted molar refractivity (Wildman–Crippen MR) is 110 cm³/mol. The summed E-state index contributed by atoms with van der Waals surface area (Å²) in [6, 6.07) is 12.1. The quantitative estimate of drug-likeness (QED) is 0.764. The third kappa shape index (κ3) is 3.13. The second-order valence-electron chi connectivity index (χ2n) is 8.01. The molecule has 1 unspecified atom stereocenters. The number of carbonyl (C=O) groups is 1. The molecule has 144 valence electrons. The first kappa shape index (κ1) is 17.2. The summed E-state index contributed by atoms with van der Waals surface area (Å²) in [5, 5.41) is 0. The number of hydrogen-bond donors (Lipinski definition) is 1. The summed E-state index contributed by atoms with van der Waals surface area (Å²) in [5.41, 5.74) is 3.89. The monoisotopic (exact) mass is 375 g/mol. The van der Waals surface area contributed by atoms with Crippen LogP contribution in [-0.4, -0.2) is 52.4 Å². The zero-order valence-electron chi connectivity index (χ0n) is 16.2. The molecule has 2 aliphatic rings. The minimum atomic E-state index is 0.0532. The number of pyridine rings is 1. The molecule has 2 aromatic heterocycles. The zero-order valence-corrected chi connectivity index (χ0v) is 16.2. The van der Waals surface area contributed by atoms with Crippen LogP contribution in [0.4, 0.5) is 5.82 Å². The van der Waals surface area contributed by atoms with Gasteiger partial charge in [0.25, 0.3) is 5.91 Å². The molecule has 1 aromatic carbocycles. The Morgan fingerprint density at radius 1 is 1.18 bits per heavy atom. The molecule has 6 nitrogen and oxygen atoms in total. The van der Waals surface area contributed by atoms with Gasteiger partial charge in [-0.1, -0.05) is 18.2 Å². The number of aromatic amines is 1. The molecule has 4 heterocycles. The summed E-state index contributed by atoms with van der Waals surface area (Å²) < 4.78 is 0. The Morgan fingerprint density at radius 2 is 2.07 bits per heavy atom. The van der Waals surface area contributed by atoms with Crippen molar-refractivity contribution in [2.45, 2.75) is 25.7 Å². The van der Waals surface area contributed by atoms with E-state index in [2.05, 4.69) is 27.0 Å². The highest BCUT2D eigenvalue weighted by Gasteiger charge is 2.27. The number of aromatic nitrogens is 3. The number of anilines is 1. The van der Waals surface area contributed by atoms with E-state index < -0.39 is 0 Å². The van der Waals surface area contributed by atoms with Gasteiger partial charge in [0.2, 0.25) is 0 Å². The van der Waals surface area contributed by atoms with Crippen LogP contribution >= 0.6 is 0 Å². The fourth-order valence-electron chi connectivity index (χ4n) is 4.47. The van der Waals surface area contributed by atoms with E-state index in [1.54, 1.807) is 0 Å². The van der Waals surface area contributed by atoms with Crippen molar-refractivity contribution in [2.24, 2.45) is 5.92 Å². The molecular formula is C22H25N5O. The molecular weight excluding hydrogens is 350 g/mol. The smallest absolute Gasteiger partial charge is 0.272 e. The van der Waals surface area contributed by atoms with E-state index in [0.717, 1.165) is 68.0 Å². The minimum Gasteiger partial charge on any atom is -0.359 e. The van der Waals surface area contributed by atoms with E-state index in [0.29, 0.717) is 11.6 Å². The van der Waals surface area contributed by atoms with Crippen molar-refractivity contribution in [1.29, 1.82) is 0 Å².